The Morgan fingerprint density at radius 1 is 1.24 bits per heavy atom. The molecule has 4 nitrogen and oxygen atoms in total. The third kappa shape index (κ3) is 4.68. The molecule has 1 saturated carbocycles. The van der Waals surface area contributed by atoms with E-state index in [0.29, 0.717) is 12.0 Å². The van der Waals surface area contributed by atoms with E-state index in [1.54, 1.807) is 0 Å². The van der Waals surface area contributed by atoms with Crippen molar-refractivity contribution >= 4 is 5.91 Å². The van der Waals surface area contributed by atoms with E-state index in [-0.39, 0.29) is 5.92 Å². The fourth-order valence-electron chi connectivity index (χ4n) is 3.77. The van der Waals surface area contributed by atoms with Gasteiger partial charge in [-0.3, -0.25) is 4.79 Å². The van der Waals surface area contributed by atoms with Crippen molar-refractivity contribution in [3.05, 3.63) is 0 Å². The van der Waals surface area contributed by atoms with E-state index in [0.717, 1.165) is 51.0 Å². The predicted octanol–water partition coefficient (Wildman–Crippen LogP) is 2.04. The lowest BCUT2D eigenvalue weighted by atomic mass is 9.92. The number of likely N-dealkylation sites (tertiary alicyclic amines) is 1. The highest BCUT2D eigenvalue weighted by Gasteiger charge is 2.29. The molecule has 0 radical (unpaired) electrons. The van der Waals surface area contributed by atoms with Gasteiger partial charge in [0.15, 0.2) is 0 Å². The monoisotopic (exact) mass is 294 g/mol. The van der Waals surface area contributed by atoms with Gasteiger partial charge in [-0.05, 0) is 63.8 Å². The molecule has 2 heterocycles. The van der Waals surface area contributed by atoms with Crippen LogP contribution in [0, 0.1) is 17.8 Å². The highest BCUT2D eigenvalue weighted by molar-refractivity contribution is 5.79. The Balaban J connectivity index is 1.42. The average molecular weight is 294 g/mol. The lowest BCUT2D eigenvalue weighted by Gasteiger charge is -2.36. The van der Waals surface area contributed by atoms with Crippen molar-refractivity contribution in [1.82, 2.24) is 10.2 Å². The molecule has 0 aromatic heterocycles. The van der Waals surface area contributed by atoms with Crippen molar-refractivity contribution in [1.29, 1.82) is 0 Å². The Morgan fingerprint density at radius 3 is 2.86 bits per heavy atom. The maximum absolute atomic E-state index is 12.3. The smallest absolute Gasteiger partial charge is 0.224 e. The van der Waals surface area contributed by atoms with Crippen LogP contribution in [0.5, 0.6) is 0 Å². The van der Waals surface area contributed by atoms with Crippen molar-refractivity contribution in [3.63, 3.8) is 0 Å². The van der Waals surface area contributed by atoms with Crippen LogP contribution in [0.4, 0.5) is 0 Å². The molecule has 0 bridgehead atoms. The van der Waals surface area contributed by atoms with Gasteiger partial charge in [0.05, 0.1) is 12.0 Å². The summed E-state index contributed by atoms with van der Waals surface area (Å²) in [5.41, 5.74) is 0. The zero-order valence-electron chi connectivity index (χ0n) is 13.4. The maximum Gasteiger partial charge on any atom is 0.224 e. The molecule has 0 aromatic carbocycles. The van der Waals surface area contributed by atoms with Crippen LogP contribution in [0.15, 0.2) is 0 Å². The summed E-state index contributed by atoms with van der Waals surface area (Å²) >= 11 is 0. The minimum absolute atomic E-state index is 0.217. The van der Waals surface area contributed by atoms with E-state index >= 15 is 0 Å². The van der Waals surface area contributed by atoms with E-state index in [4.69, 9.17) is 4.74 Å². The first-order valence-electron chi connectivity index (χ1n) is 8.82. The minimum Gasteiger partial charge on any atom is -0.378 e. The van der Waals surface area contributed by atoms with Crippen molar-refractivity contribution in [2.75, 3.05) is 32.8 Å². The van der Waals surface area contributed by atoms with Crippen LogP contribution in [0.1, 0.15) is 45.4 Å². The SMILES string of the molecule is C[C@@H]1C[C@@H](CN2CCC[C@@H](C(=O)NCC3CC3)C2)CCO1. The molecule has 3 rings (SSSR count). The number of hydrogen-bond donors (Lipinski definition) is 1. The largest absolute Gasteiger partial charge is 0.378 e. The van der Waals surface area contributed by atoms with Gasteiger partial charge < -0.3 is 15.0 Å². The number of rotatable bonds is 5. The van der Waals surface area contributed by atoms with Gasteiger partial charge in [-0.15, -0.1) is 0 Å². The lowest BCUT2D eigenvalue weighted by molar-refractivity contribution is -0.127. The van der Waals surface area contributed by atoms with Gasteiger partial charge in [0, 0.05) is 26.2 Å². The minimum atomic E-state index is 0.217. The van der Waals surface area contributed by atoms with E-state index in [1.165, 1.54) is 32.1 Å². The first-order valence-corrected chi connectivity index (χ1v) is 8.82. The molecule has 3 atom stereocenters. The number of carbonyl (C=O) groups is 1. The van der Waals surface area contributed by atoms with E-state index < -0.39 is 0 Å². The number of nitrogens with zero attached hydrogens (tertiary/aromatic N) is 1. The summed E-state index contributed by atoms with van der Waals surface area (Å²) in [5.74, 6) is 2.04. The predicted molar refractivity (Wildman–Crippen MR) is 83.0 cm³/mol. The maximum atomic E-state index is 12.3. The number of piperidine rings is 1. The molecule has 1 aliphatic carbocycles. The van der Waals surface area contributed by atoms with Gasteiger partial charge in [0.1, 0.15) is 0 Å². The normalized spacial score (nSPS) is 34.6. The van der Waals surface area contributed by atoms with Crippen LogP contribution >= 0.6 is 0 Å². The summed E-state index contributed by atoms with van der Waals surface area (Å²) in [6.07, 6.45) is 7.61. The summed E-state index contributed by atoms with van der Waals surface area (Å²) < 4.78 is 5.63. The van der Waals surface area contributed by atoms with E-state index in [9.17, 15) is 4.79 Å². The molecular weight excluding hydrogens is 264 g/mol. The molecule has 4 heteroatoms. The van der Waals surface area contributed by atoms with Crippen molar-refractivity contribution in [2.24, 2.45) is 17.8 Å². The second kappa shape index (κ2) is 7.10. The Morgan fingerprint density at radius 2 is 2.10 bits per heavy atom. The van der Waals surface area contributed by atoms with Gasteiger partial charge in [0.25, 0.3) is 0 Å². The number of carbonyl (C=O) groups excluding carboxylic acids is 1. The van der Waals surface area contributed by atoms with E-state index in [2.05, 4.69) is 17.1 Å². The third-order valence-corrected chi connectivity index (χ3v) is 5.25. The zero-order chi connectivity index (χ0) is 14.7. The van der Waals surface area contributed by atoms with Crippen molar-refractivity contribution in [3.8, 4) is 0 Å². The molecule has 3 fully saturated rings. The summed E-state index contributed by atoms with van der Waals surface area (Å²) in [7, 11) is 0. The molecule has 3 aliphatic rings. The second-order valence-electron chi connectivity index (χ2n) is 7.36. The van der Waals surface area contributed by atoms with Crippen molar-refractivity contribution in [2.45, 2.75) is 51.6 Å². The highest BCUT2D eigenvalue weighted by atomic mass is 16.5. The standard InChI is InChI=1S/C17H30N2O2/c1-13-9-15(6-8-21-13)11-19-7-2-3-16(12-19)17(20)18-10-14-4-5-14/h13-16H,2-12H2,1H3,(H,18,20)/t13-,15+,16-/m1/s1. The number of amides is 1. The van der Waals surface area contributed by atoms with Gasteiger partial charge in [-0.1, -0.05) is 0 Å². The molecule has 2 aliphatic heterocycles. The molecule has 0 aromatic rings. The van der Waals surface area contributed by atoms with E-state index in [1.807, 2.05) is 0 Å². The quantitative estimate of drug-likeness (QED) is 0.843. The first-order chi connectivity index (χ1) is 10.2. The number of hydrogen-bond acceptors (Lipinski definition) is 3. The third-order valence-electron chi connectivity index (χ3n) is 5.25. The summed E-state index contributed by atoms with van der Waals surface area (Å²) in [4.78, 5) is 14.8. The highest BCUT2D eigenvalue weighted by Crippen LogP contribution is 2.28. The topological polar surface area (TPSA) is 41.6 Å². The molecular formula is C17H30N2O2. The number of nitrogens with one attached hydrogen (secondary N) is 1. The second-order valence-corrected chi connectivity index (χ2v) is 7.36. The van der Waals surface area contributed by atoms with Crippen molar-refractivity contribution < 1.29 is 9.53 Å². The van der Waals surface area contributed by atoms with Crippen LogP contribution in [0.3, 0.4) is 0 Å². The Bertz CT molecular complexity index is 357. The molecule has 1 N–H and O–H groups in total. The van der Waals surface area contributed by atoms with Crippen LogP contribution in [-0.2, 0) is 9.53 Å². The summed E-state index contributed by atoms with van der Waals surface area (Å²) in [6, 6.07) is 0. The molecule has 0 spiro atoms. The Labute approximate surface area is 128 Å². The fraction of sp³-hybridized carbons (Fsp3) is 0.941. The molecule has 2 saturated heterocycles. The van der Waals surface area contributed by atoms with Gasteiger partial charge >= 0.3 is 0 Å². The van der Waals surface area contributed by atoms with Crippen LogP contribution < -0.4 is 5.32 Å². The molecule has 1 amide bonds. The first kappa shape index (κ1) is 15.3. The zero-order valence-corrected chi connectivity index (χ0v) is 13.4. The van der Waals surface area contributed by atoms with Crippen LogP contribution in [-0.4, -0.2) is 49.7 Å². The van der Waals surface area contributed by atoms with Crippen LogP contribution in [0.2, 0.25) is 0 Å². The Kier molecular flexibility index (Phi) is 5.17. The molecule has 0 unspecified atom stereocenters. The molecule has 120 valence electrons. The van der Waals surface area contributed by atoms with Gasteiger partial charge in [-0.2, -0.15) is 0 Å². The lowest BCUT2D eigenvalue weighted by Crippen LogP contribution is -2.45. The van der Waals surface area contributed by atoms with Crippen LogP contribution in [0.25, 0.3) is 0 Å². The Hall–Kier alpha value is -0.610. The van der Waals surface area contributed by atoms with Gasteiger partial charge in [0.2, 0.25) is 5.91 Å². The van der Waals surface area contributed by atoms with Gasteiger partial charge in [-0.25, -0.2) is 0 Å². The average Bonchev–Trinajstić information content (AvgIpc) is 3.29. The summed E-state index contributed by atoms with van der Waals surface area (Å²) in [5, 5.41) is 3.16. The molecule has 21 heavy (non-hydrogen) atoms. The number of ether oxygens (including phenoxy) is 1. The summed E-state index contributed by atoms with van der Waals surface area (Å²) in [6.45, 7) is 7.27. The fourth-order valence-corrected chi connectivity index (χ4v) is 3.77.